The summed E-state index contributed by atoms with van der Waals surface area (Å²) in [7, 11) is 1.69. The molecule has 1 fully saturated rings. The van der Waals surface area contributed by atoms with Gasteiger partial charge in [-0.25, -0.2) is 0 Å². The van der Waals surface area contributed by atoms with Crippen LogP contribution in [0.2, 0.25) is 0 Å². The molecule has 0 bridgehead atoms. The maximum Gasteiger partial charge on any atom is 0.0631 e. The summed E-state index contributed by atoms with van der Waals surface area (Å²) in [5.74, 6) is 0. The summed E-state index contributed by atoms with van der Waals surface area (Å²) in [6.45, 7) is 8.48. The third-order valence-corrected chi connectivity index (χ3v) is 3.08. The van der Waals surface area contributed by atoms with Crippen LogP contribution in [0.4, 0.5) is 0 Å². The predicted molar refractivity (Wildman–Crippen MR) is 56.3 cm³/mol. The van der Waals surface area contributed by atoms with E-state index >= 15 is 0 Å². The second kappa shape index (κ2) is 5.07. The molecule has 0 aromatic carbocycles. The molecule has 2 N–H and O–H groups in total. The molecular formula is C10H22N2O2. The lowest BCUT2D eigenvalue weighted by molar-refractivity contribution is -0.0276. The molecule has 4 heteroatoms. The Kier molecular flexibility index (Phi) is 4.31. The lowest BCUT2D eigenvalue weighted by Gasteiger charge is -2.44. The second-order valence-corrected chi connectivity index (χ2v) is 4.31. The summed E-state index contributed by atoms with van der Waals surface area (Å²) in [5.41, 5.74) is 6.07. The number of nitrogens with zero attached hydrogens (tertiary/aromatic N) is 1. The van der Waals surface area contributed by atoms with Gasteiger partial charge in [-0.05, 0) is 13.8 Å². The summed E-state index contributed by atoms with van der Waals surface area (Å²) in [6, 6.07) is 0.0469. The fourth-order valence-corrected chi connectivity index (χ4v) is 1.76. The van der Waals surface area contributed by atoms with Gasteiger partial charge in [0.2, 0.25) is 0 Å². The Hall–Kier alpha value is -0.160. The summed E-state index contributed by atoms with van der Waals surface area (Å²) < 4.78 is 10.4. The van der Waals surface area contributed by atoms with Gasteiger partial charge in [-0.3, -0.25) is 4.90 Å². The van der Waals surface area contributed by atoms with Gasteiger partial charge >= 0.3 is 0 Å². The van der Waals surface area contributed by atoms with Gasteiger partial charge in [-0.2, -0.15) is 0 Å². The minimum Gasteiger partial charge on any atom is -0.383 e. The average molecular weight is 202 g/mol. The van der Waals surface area contributed by atoms with Crippen LogP contribution in [-0.2, 0) is 9.47 Å². The van der Waals surface area contributed by atoms with Crippen molar-refractivity contribution in [2.45, 2.75) is 25.4 Å². The highest BCUT2D eigenvalue weighted by Crippen LogP contribution is 2.19. The third-order valence-electron chi connectivity index (χ3n) is 3.08. The molecule has 84 valence electrons. The molecule has 0 amide bonds. The standard InChI is InChI=1S/C10H22N2O2/c1-10(2,9(11)8-13-3)12-4-6-14-7-5-12/h9H,4-8,11H2,1-3H3. The maximum atomic E-state index is 6.09. The quantitative estimate of drug-likeness (QED) is 0.701. The van der Waals surface area contributed by atoms with E-state index < -0.39 is 0 Å². The molecule has 4 nitrogen and oxygen atoms in total. The molecule has 1 saturated heterocycles. The lowest BCUT2D eigenvalue weighted by Crippen LogP contribution is -2.60. The summed E-state index contributed by atoms with van der Waals surface area (Å²) >= 11 is 0. The Morgan fingerprint density at radius 2 is 2.00 bits per heavy atom. The lowest BCUT2D eigenvalue weighted by atomic mass is 9.93. The molecule has 1 unspecified atom stereocenters. The van der Waals surface area contributed by atoms with E-state index in [0.717, 1.165) is 26.3 Å². The molecule has 1 aliphatic heterocycles. The molecule has 1 atom stereocenters. The first-order valence-electron chi connectivity index (χ1n) is 5.16. The van der Waals surface area contributed by atoms with E-state index in [4.69, 9.17) is 15.2 Å². The first kappa shape index (κ1) is 11.9. The van der Waals surface area contributed by atoms with Crippen LogP contribution in [0.25, 0.3) is 0 Å². The molecule has 0 radical (unpaired) electrons. The Morgan fingerprint density at radius 3 is 2.50 bits per heavy atom. The second-order valence-electron chi connectivity index (χ2n) is 4.31. The summed E-state index contributed by atoms with van der Waals surface area (Å²) in [5, 5.41) is 0. The highest BCUT2D eigenvalue weighted by Gasteiger charge is 2.33. The Morgan fingerprint density at radius 1 is 1.43 bits per heavy atom. The maximum absolute atomic E-state index is 6.09. The van der Waals surface area contributed by atoms with Crippen LogP contribution >= 0.6 is 0 Å². The van der Waals surface area contributed by atoms with Gasteiger partial charge in [0.15, 0.2) is 0 Å². The van der Waals surface area contributed by atoms with Gasteiger partial charge < -0.3 is 15.2 Å². The topological polar surface area (TPSA) is 47.7 Å². The van der Waals surface area contributed by atoms with Crippen molar-refractivity contribution in [2.24, 2.45) is 5.73 Å². The van der Waals surface area contributed by atoms with Gasteiger partial charge in [-0.15, -0.1) is 0 Å². The average Bonchev–Trinajstić information content (AvgIpc) is 2.19. The number of rotatable bonds is 4. The van der Waals surface area contributed by atoms with E-state index in [9.17, 15) is 0 Å². The molecular weight excluding hydrogens is 180 g/mol. The van der Waals surface area contributed by atoms with Gasteiger partial charge in [0.25, 0.3) is 0 Å². The zero-order chi connectivity index (χ0) is 10.6. The highest BCUT2D eigenvalue weighted by molar-refractivity contribution is 4.92. The number of hydrogen-bond acceptors (Lipinski definition) is 4. The van der Waals surface area contributed by atoms with Gasteiger partial charge in [0.1, 0.15) is 0 Å². The van der Waals surface area contributed by atoms with Crippen molar-refractivity contribution in [3.05, 3.63) is 0 Å². The number of morpholine rings is 1. The Balaban J connectivity index is 2.52. The van der Waals surface area contributed by atoms with Crippen LogP contribution in [0.3, 0.4) is 0 Å². The number of methoxy groups -OCH3 is 1. The smallest absolute Gasteiger partial charge is 0.0631 e. The van der Waals surface area contributed by atoms with Gasteiger partial charge in [0.05, 0.1) is 19.8 Å². The first-order valence-corrected chi connectivity index (χ1v) is 5.16. The van der Waals surface area contributed by atoms with Crippen molar-refractivity contribution in [3.63, 3.8) is 0 Å². The Labute approximate surface area is 86.3 Å². The molecule has 1 heterocycles. The van der Waals surface area contributed by atoms with Crippen LogP contribution in [0.5, 0.6) is 0 Å². The largest absolute Gasteiger partial charge is 0.383 e. The molecule has 0 spiro atoms. The monoisotopic (exact) mass is 202 g/mol. The zero-order valence-electron chi connectivity index (χ0n) is 9.45. The van der Waals surface area contributed by atoms with Crippen LogP contribution in [0.15, 0.2) is 0 Å². The van der Waals surface area contributed by atoms with Crippen LogP contribution in [0, 0.1) is 0 Å². The Bertz CT molecular complexity index is 168. The number of nitrogens with two attached hydrogens (primary N) is 1. The first-order chi connectivity index (χ1) is 6.59. The van der Waals surface area contributed by atoms with E-state index in [0.29, 0.717) is 6.61 Å². The molecule has 0 aliphatic carbocycles. The van der Waals surface area contributed by atoms with Crippen molar-refractivity contribution in [3.8, 4) is 0 Å². The summed E-state index contributed by atoms with van der Waals surface area (Å²) in [4.78, 5) is 2.38. The highest BCUT2D eigenvalue weighted by atomic mass is 16.5. The molecule has 1 aliphatic rings. The van der Waals surface area contributed by atoms with Crippen molar-refractivity contribution in [1.29, 1.82) is 0 Å². The number of hydrogen-bond donors (Lipinski definition) is 1. The molecule has 0 aromatic rings. The van der Waals surface area contributed by atoms with E-state index in [2.05, 4.69) is 18.7 Å². The minimum absolute atomic E-state index is 0.0141. The van der Waals surface area contributed by atoms with Crippen LogP contribution in [0.1, 0.15) is 13.8 Å². The third kappa shape index (κ3) is 2.67. The normalized spacial score (nSPS) is 22.3. The fraction of sp³-hybridized carbons (Fsp3) is 1.00. The van der Waals surface area contributed by atoms with Crippen molar-refractivity contribution < 1.29 is 9.47 Å². The van der Waals surface area contributed by atoms with Gasteiger partial charge in [0, 0.05) is 31.8 Å². The van der Waals surface area contributed by atoms with Crippen molar-refractivity contribution in [2.75, 3.05) is 40.0 Å². The van der Waals surface area contributed by atoms with Crippen molar-refractivity contribution in [1.82, 2.24) is 4.90 Å². The van der Waals surface area contributed by atoms with Crippen LogP contribution < -0.4 is 5.73 Å². The summed E-state index contributed by atoms with van der Waals surface area (Å²) in [6.07, 6.45) is 0. The molecule has 1 rings (SSSR count). The van der Waals surface area contributed by atoms with E-state index in [1.807, 2.05) is 0 Å². The predicted octanol–water partition coefficient (Wildman–Crippen LogP) is 0.0709. The SMILES string of the molecule is COCC(N)C(C)(C)N1CCOCC1. The zero-order valence-corrected chi connectivity index (χ0v) is 9.45. The number of ether oxygens (including phenoxy) is 2. The minimum atomic E-state index is -0.0141. The van der Waals surface area contributed by atoms with Crippen LogP contribution in [-0.4, -0.2) is 56.5 Å². The van der Waals surface area contributed by atoms with Crippen molar-refractivity contribution >= 4 is 0 Å². The van der Waals surface area contributed by atoms with E-state index in [1.54, 1.807) is 7.11 Å². The fourth-order valence-electron chi connectivity index (χ4n) is 1.76. The molecule has 14 heavy (non-hydrogen) atoms. The van der Waals surface area contributed by atoms with Gasteiger partial charge in [-0.1, -0.05) is 0 Å². The van der Waals surface area contributed by atoms with E-state index in [1.165, 1.54) is 0 Å². The van der Waals surface area contributed by atoms with E-state index in [-0.39, 0.29) is 11.6 Å². The molecule has 0 saturated carbocycles. The molecule has 0 aromatic heterocycles.